The highest BCUT2D eigenvalue weighted by atomic mass is 32.2. The van der Waals surface area contributed by atoms with Crippen LogP contribution in [0, 0.1) is 5.41 Å². The predicted molar refractivity (Wildman–Crippen MR) is 78.3 cm³/mol. The van der Waals surface area contributed by atoms with Gasteiger partial charge in [0.2, 0.25) is 5.91 Å². The Bertz CT molecular complexity index is 485. The lowest BCUT2D eigenvalue weighted by molar-refractivity contribution is -0.159. The van der Waals surface area contributed by atoms with E-state index in [1.165, 1.54) is 27.7 Å². The Hall–Kier alpha value is -1.15. The van der Waals surface area contributed by atoms with Gasteiger partial charge in [0, 0.05) is 13.5 Å². The monoisotopic (exact) mass is 323 g/mol. The molecule has 0 aromatic heterocycles. The summed E-state index contributed by atoms with van der Waals surface area (Å²) in [6.45, 7) is 7.60. The molecule has 7 nitrogen and oxygen atoms in total. The van der Waals surface area contributed by atoms with Crippen LogP contribution >= 0.6 is 0 Å². The summed E-state index contributed by atoms with van der Waals surface area (Å²) in [6, 6.07) is 0. The van der Waals surface area contributed by atoms with Crippen LogP contribution in [0.25, 0.3) is 0 Å². The summed E-state index contributed by atoms with van der Waals surface area (Å²) in [5, 5.41) is 11.7. The average Bonchev–Trinajstić information content (AvgIpc) is 2.33. The minimum absolute atomic E-state index is 0.204. The lowest BCUT2D eigenvalue weighted by Gasteiger charge is -2.39. The summed E-state index contributed by atoms with van der Waals surface area (Å²) < 4.78 is 29.2. The highest BCUT2D eigenvalue weighted by Gasteiger charge is 2.49. The molecule has 0 spiro atoms. The third-order valence-corrected chi connectivity index (χ3v) is 5.20. The molecule has 0 heterocycles. The van der Waals surface area contributed by atoms with Crippen molar-refractivity contribution in [3.8, 4) is 0 Å². The van der Waals surface area contributed by atoms with Crippen molar-refractivity contribution >= 4 is 22.0 Å². The number of aliphatic carboxylic acids is 1. The van der Waals surface area contributed by atoms with E-state index >= 15 is 0 Å². The molecule has 0 aliphatic heterocycles. The molecule has 2 N–H and O–H groups in total. The smallest absolute Gasteiger partial charge is 0.312 e. The zero-order valence-electron chi connectivity index (χ0n) is 13.2. The molecule has 8 heteroatoms. The van der Waals surface area contributed by atoms with Gasteiger partial charge in [0.15, 0.2) is 0 Å². The number of carbonyl (C=O) groups is 2. The van der Waals surface area contributed by atoms with Crippen LogP contribution in [0.5, 0.6) is 0 Å². The van der Waals surface area contributed by atoms with E-state index < -0.39 is 27.1 Å². The van der Waals surface area contributed by atoms with Crippen molar-refractivity contribution < 1.29 is 27.3 Å². The van der Waals surface area contributed by atoms with Gasteiger partial charge in [-0.2, -0.15) is 8.42 Å². The molecule has 0 bridgehead atoms. The number of hydrogen-bond donors (Lipinski definition) is 2. The lowest BCUT2D eigenvalue weighted by atomic mass is 9.74. The van der Waals surface area contributed by atoms with Crippen LogP contribution < -0.4 is 5.32 Å². The molecule has 1 amide bonds. The van der Waals surface area contributed by atoms with E-state index in [2.05, 4.69) is 5.32 Å². The summed E-state index contributed by atoms with van der Waals surface area (Å²) >= 11 is 0. The number of carbonyl (C=O) groups excluding carboxylic acids is 1. The Morgan fingerprint density at radius 3 is 2.14 bits per heavy atom. The Morgan fingerprint density at radius 2 is 1.76 bits per heavy atom. The molecule has 21 heavy (non-hydrogen) atoms. The molecule has 0 saturated heterocycles. The van der Waals surface area contributed by atoms with Gasteiger partial charge in [-0.1, -0.05) is 6.92 Å². The SMILES string of the molecule is CCC(C)(OS(=O)(=O)CCCNC(C)=O)C(C)(C)C(=O)O. The molecule has 0 fully saturated rings. The minimum Gasteiger partial charge on any atom is -0.481 e. The highest BCUT2D eigenvalue weighted by Crippen LogP contribution is 2.38. The fourth-order valence-corrected chi connectivity index (χ4v) is 3.13. The first-order chi connectivity index (χ1) is 9.38. The van der Waals surface area contributed by atoms with Gasteiger partial charge >= 0.3 is 5.97 Å². The summed E-state index contributed by atoms with van der Waals surface area (Å²) in [5.41, 5.74) is -2.70. The summed E-state index contributed by atoms with van der Waals surface area (Å²) in [7, 11) is -3.88. The zero-order valence-corrected chi connectivity index (χ0v) is 14.0. The summed E-state index contributed by atoms with van der Waals surface area (Å²) in [4.78, 5) is 22.0. The number of carboxylic acid groups (broad SMARTS) is 1. The highest BCUT2D eigenvalue weighted by molar-refractivity contribution is 7.86. The van der Waals surface area contributed by atoms with Gasteiger partial charge in [0.1, 0.15) is 5.60 Å². The fraction of sp³-hybridized carbons (Fsp3) is 0.846. The van der Waals surface area contributed by atoms with Crippen molar-refractivity contribution in [2.75, 3.05) is 12.3 Å². The first-order valence-corrected chi connectivity index (χ1v) is 8.37. The van der Waals surface area contributed by atoms with Gasteiger partial charge in [-0.15, -0.1) is 0 Å². The van der Waals surface area contributed by atoms with Crippen molar-refractivity contribution in [2.24, 2.45) is 5.41 Å². The molecule has 0 rings (SSSR count). The van der Waals surface area contributed by atoms with Crippen molar-refractivity contribution in [1.82, 2.24) is 5.32 Å². The van der Waals surface area contributed by atoms with Gasteiger partial charge in [0.05, 0.1) is 11.2 Å². The minimum atomic E-state index is -3.88. The Balaban J connectivity index is 4.88. The van der Waals surface area contributed by atoms with Gasteiger partial charge < -0.3 is 10.4 Å². The Morgan fingerprint density at radius 1 is 1.24 bits per heavy atom. The van der Waals surface area contributed by atoms with E-state index in [0.717, 1.165) is 0 Å². The summed E-state index contributed by atoms with van der Waals surface area (Å²) in [6.07, 6.45) is 0.437. The molecule has 1 atom stereocenters. The molecule has 0 aromatic rings. The van der Waals surface area contributed by atoms with Crippen LogP contribution in [-0.4, -0.2) is 43.3 Å². The molecule has 0 radical (unpaired) electrons. The Labute approximate surface area is 126 Å². The van der Waals surface area contributed by atoms with Crippen LogP contribution in [0.2, 0.25) is 0 Å². The number of amides is 1. The van der Waals surface area contributed by atoms with Gasteiger partial charge in [-0.3, -0.25) is 13.8 Å². The predicted octanol–water partition coefficient (Wildman–Crippen LogP) is 1.14. The summed E-state index contributed by atoms with van der Waals surface area (Å²) in [5.74, 6) is -1.64. The molecule has 0 saturated carbocycles. The van der Waals surface area contributed by atoms with E-state index in [1.54, 1.807) is 6.92 Å². The van der Waals surface area contributed by atoms with Crippen molar-refractivity contribution in [3.05, 3.63) is 0 Å². The van der Waals surface area contributed by atoms with Gasteiger partial charge in [0.25, 0.3) is 10.1 Å². The van der Waals surface area contributed by atoms with Crippen LogP contribution in [0.4, 0.5) is 0 Å². The molecule has 1 unspecified atom stereocenters. The second-order valence-corrected chi connectivity index (χ2v) is 7.39. The first-order valence-electron chi connectivity index (χ1n) is 6.79. The molecular weight excluding hydrogens is 298 g/mol. The van der Waals surface area contributed by atoms with Crippen molar-refractivity contribution in [1.29, 1.82) is 0 Å². The molecule has 124 valence electrons. The van der Waals surface area contributed by atoms with Crippen molar-refractivity contribution in [2.45, 2.75) is 53.1 Å². The first kappa shape index (κ1) is 19.9. The van der Waals surface area contributed by atoms with E-state index in [0.29, 0.717) is 0 Å². The maximum absolute atomic E-state index is 12.0. The van der Waals surface area contributed by atoms with E-state index in [4.69, 9.17) is 4.18 Å². The molecule has 0 aliphatic rings. The Kier molecular flexibility index (Phi) is 6.82. The zero-order chi connectivity index (χ0) is 16.9. The standard InChI is InChI=1S/C13H25NO6S/c1-6-13(5,12(3,4)11(16)17)20-21(18,19)9-7-8-14-10(2)15/h6-9H2,1-5H3,(H,14,15)(H,16,17). The third-order valence-electron chi connectivity index (χ3n) is 3.79. The van der Waals surface area contributed by atoms with E-state index in [1.807, 2.05) is 0 Å². The number of rotatable bonds is 9. The lowest BCUT2D eigenvalue weighted by Crippen LogP contribution is -2.50. The largest absolute Gasteiger partial charge is 0.481 e. The average molecular weight is 323 g/mol. The van der Waals surface area contributed by atoms with Crippen molar-refractivity contribution in [3.63, 3.8) is 0 Å². The number of hydrogen-bond acceptors (Lipinski definition) is 5. The maximum atomic E-state index is 12.0. The quantitative estimate of drug-likeness (QED) is 0.486. The molecule has 0 aliphatic carbocycles. The topological polar surface area (TPSA) is 110 Å². The normalized spacial score (nSPS) is 15.3. The number of nitrogens with one attached hydrogen (secondary N) is 1. The van der Waals surface area contributed by atoms with Crippen LogP contribution in [0.3, 0.4) is 0 Å². The number of carboxylic acids is 1. The molecule has 0 aromatic carbocycles. The third kappa shape index (κ3) is 5.62. The maximum Gasteiger partial charge on any atom is 0.312 e. The second-order valence-electron chi connectivity index (χ2n) is 5.70. The van der Waals surface area contributed by atoms with Crippen LogP contribution in [0.1, 0.15) is 47.5 Å². The van der Waals surface area contributed by atoms with Crippen LogP contribution in [0.15, 0.2) is 0 Å². The van der Waals surface area contributed by atoms with E-state index in [9.17, 15) is 23.1 Å². The van der Waals surface area contributed by atoms with Gasteiger partial charge in [-0.25, -0.2) is 0 Å². The second kappa shape index (κ2) is 7.22. The van der Waals surface area contributed by atoms with E-state index in [-0.39, 0.29) is 31.0 Å². The van der Waals surface area contributed by atoms with Gasteiger partial charge in [-0.05, 0) is 33.6 Å². The van der Waals surface area contributed by atoms with Crippen LogP contribution in [-0.2, 0) is 23.9 Å². The molecular formula is C13H25NO6S. The fourth-order valence-electron chi connectivity index (χ4n) is 1.67.